The molecule has 1 aromatic carbocycles. The number of aryl methyl sites for hydroxylation is 1. The molecule has 3 rings (SSSR count). The number of nitrogens with one attached hydrogen (secondary N) is 1. The summed E-state index contributed by atoms with van der Waals surface area (Å²) in [5.41, 5.74) is 4.63. The molecule has 0 unspecified atom stereocenters. The fourth-order valence-corrected chi connectivity index (χ4v) is 2.63. The molecule has 4 nitrogen and oxygen atoms in total. The third-order valence-electron chi connectivity index (χ3n) is 2.93. The molecular weight excluding hydrogens is 280 g/mol. The lowest BCUT2D eigenvalue weighted by Crippen LogP contribution is -2.04. The van der Waals surface area contributed by atoms with Gasteiger partial charge in [-0.25, -0.2) is 0 Å². The Balaban J connectivity index is 1.92. The van der Waals surface area contributed by atoms with Gasteiger partial charge >= 0.3 is 0 Å². The predicted octanol–water partition coefficient (Wildman–Crippen LogP) is 3.66. The normalized spacial score (nSPS) is 10.8. The zero-order valence-electron chi connectivity index (χ0n) is 10.2. The Bertz CT molecular complexity index is 725. The summed E-state index contributed by atoms with van der Waals surface area (Å²) in [6.07, 6.45) is 1.79. The van der Waals surface area contributed by atoms with Gasteiger partial charge in [-0.2, -0.15) is 8.75 Å². The van der Waals surface area contributed by atoms with Crippen molar-refractivity contribution >= 4 is 40.0 Å². The first-order chi connectivity index (χ1) is 9.25. The Morgan fingerprint density at radius 3 is 3.00 bits per heavy atom. The van der Waals surface area contributed by atoms with Crippen molar-refractivity contribution in [2.45, 2.75) is 13.5 Å². The van der Waals surface area contributed by atoms with E-state index in [0.29, 0.717) is 11.6 Å². The van der Waals surface area contributed by atoms with Crippen LogP contribution in [-0.4, -0.2) is 13.7 Å². The molecule has 0 fully saturated rings. The van der Waals surface area contributed by atoms with E-state index < -0.39 is 0 Å². The van der Waals surface area contributed by atoms with Crippen molar-refractivity contribution in [2.24, 2.45) is 0 Å². The highest BCUT2D eigenvalue weighted by atomic mass is 35.5. The quantitative estimate of drug-likeness (QED) is 0.800. The van der Waals surface area contributed by atoms with Crippen LogP contribution in [-0.2, 0) is 6.54 Å². The monoisotopic (exact) mass is 290 g/mol. The highest BCUT2D eigenvalue weighted by Gasteiger charge is 2.10. The molecule has 0 bridgehead atoms. The largest absolute Gasteiger partial charge is 0.376 e. The third-order valence-corrected chi connectivity index (χ3v) is 3.79. The van der Waals surface area contributed by atoms with Crippen molar-refractivity contribution in [3.05, 3.63) is 46.7 Å². The summed E-state index contributed by atoms with van der Waals surface area (Å²) in [5.74, 6) is 0. The average Bonchev–Trinajstić information content (AvgIpc) is 2.88. The molecule has 0 aliphatic carbocycles. The molecule has 96 valence electrons. The van der Waals surface area contributed by atoms with Gasteiger partial charge in [0, 0.05) is 6.20 Å². The second kappa shape index (κ2) is 5.11. The summed E-state index contributed by atoms with van der Waals surface area (Å²) in [7, 11) is 0. The third kappa shape index (κ3) is 2.39. The molecule has 6 heteroatoms. The van der Waals surface area contributed by atoms with E-state index in [1.807, 2.05) is 31.2 Å². The number of aromatic nitrogens is 3. The minimum atomic E-state index is 0.614. The Hall–Kier alpha value is -1.72. The maximum absolute atomic E-state index is 6.22. The molecule has 0 radical (unpaired) electrons. The lowest BCUT2D eigenvalue weighted by atomic mass is 10.2. The summed E-state index contributed by atoms with van der Waals surface area (Å²) in [6, 6.07) is 7.67. The van der Waals surface area contributed by atoms with Crippen molar-refractivity contribution in [3.63, 3.8) is 0 Å². The van der Waals surface area contributed by atoms with Crippen LogP contribution in [0.3, 0.4) is 0 Å². The molecule has 3 aromatic rings. The molecule has 0 amide bonds. The topological polar surface area (TPSA) is 50.7 Å². The fraction of sp³-hybridized carbons (Fsp3) is 0.154. The number of benzene rings is 1. The molecule has 0 aliphatic rings. The lowest BCUT2D eigenvalue weighted by molar-refractivity contribution is 1.02. The first-order valence-electron chi connectivity index (χ1n) is 5.81. The zero-order chi connectivity index (χ0) is 13.2. The number of halogens is 1. The Labute approximate surface area is 119 Å². The van der Waals surface area contributed by atoms with E-state index in [9.17, 15) is 0 Å². The second-order valence-electron chi connectivity index (χ2n) is 4.17. The summed E-state index contributed by atoms with van der Waals surface area (Å²) >= 11 is 7.41. The molecule has 0 aliphatic heterocycles. The van der Waals surface area contributed by atoms with Gasteiger partial charge in [-0.05, 0) is 30.7 Å². The number of hydrogen-bond donors (Lipinski definition) is 1. The SMILES string of the molecule is Cc1cccnc1CNc1c(Cl)ccc2nsnc12. The van der Waals surface area contributed by atoms with Gasteiger partial charge in [-0.15, -0.1) is 0 Å². The maximum atomic E-state index is 6.22. The summed E-state index contributed by atoms with van der Waals surface area (Å²) in [6.45, 7) is 2.65. The van der Waals surface area contributed by atoms with Gasteiger partial charge in [0.25, 0.3) is 0 Å². The number of anilines is 1. The van der Waals surface area contributed by atoms with Gasteiger partial charge in [0.1, 0.15) is 11.0 Å². The number of nitrogens with zero attached hydrogens (tertiary/aromatic N) is 3. The average molecular weight is 291 g/mol. The van der Waals surface area contributed by atoms with Crippen LogP contribution in [0.2, 0.25) is 5.02 Å². The van der Waals surface area contributed by atoms with Crippen molar-refractivity contribution in [1.82, 2.24) is 13.7 Å². The number of hydrogen-bond acceptors (Lipinski definition) is 5. The van der Waals surface area contributed by atoms with Crippen molar-refractivity contribution < 1.29 is 0 Å². The fourth-order valence-electron chi connectivity index (χ4n) is 1.87. The van der Waals surface area contributed by atoms with Gasteiger partial charge < -0.3 is 5.32 Å². The molecule has 19 heavy (non-hydrogen) atoms. The van der Waals surface area contributed by atoms with Crippen molar-refractivity contribution in [3.8, 4) is 0 Å². The van der Waals surface area contributed by atoms with Gasteiger partial charge in [-0.1, -0.05) is 17.7 Å². The molecule has 2 aromatic heterocycles. The minimum absolute atomic E-state index is 0.614. The Morgan fingerprint density at radius 2 is 2.16 bits per heavy atom. The van der Waals surface area contributed by atoms with E-state index in [4.69, 9.17) is 11.6 Å². The standard InChI is InChI=1S/C13H11ClN4S/c1-8-3-2-6-15-11(8)7-16-12-9(14)4-5-10-13(12)18-19-17-10/h2-6,16H,7H2,1H3. The van der Waals surface area contributed by atoms with Crippen LogP contribution in [0.5, 0.6) is 0 Å². The predicted molar refractivity (Wildman–Crippen MR) is 78.7 cm³/mol. The van der Waals surface area contributed by atoms with Gasteiger partial charge in [0.15, 0.2) is 0 Å². The summed E-state index contributed by atoms with van der Waals surface area (Å²) in [5, 5.41) is 3.96. The van der Waals surface area contributed by atoms with Crippen LogP contribution >= 0.6 is 23.3 Å². The first-order valence-corrected chi connectivity index (χ1v) is 6.91. The first kappa shape index (κ1) is 12.3. The number of pyridine rings is 1. The molecule has 0 saturated carbocycles. The molecule has 1 N–H and O–H groups in total. The minimum Gasteiger partial charge on any atom is -0.376 e. The van der Waals surface area contributed by atoms with Crippen molar-refractivity contribution in [2.75, 3.05) is 5.32 Å². The van der Waals surface area contributed by atoms with Crippen LogP contribution in [0.1, 0.15) is 11.3 Å². The van der Waals surface area contributed by atoms with E-state index in [1.165, 1.54) is 11.7 Å². The van der Waals surface area contributed by atoms with Crippen molar-refractivity contribution in [1.29, 1.82) is 0 Å². The van der Waals surface area contributed by atoms with E-state index in [0.717, 1.165) is 28.0 Å². The van der Waals surface area contributed by atoms with Crippen LogP contribution < -0.4 is 5.32 Å². The summed E-state index contributed by atoms with van der Waals surface area (Å²) in [4.78, 5) is 4.35. The highest BCUT2D eigenvalue weighted by molar-refractivity contribution is 7.00. The summed E-state index contributed by atoms with van der Waals surface area (Å²) < 4.78 is 8.49. The van der Waals surface area contributed by atoms with E-state index in [-0.39, 0.29) is 0 Å². The maximum Gasteiger partial charge on any atom is 0.129 e. The number of fused-ring (bicyclic) bond motifs is 1. The van der Waals surface area contributed by atoms with E-state index in [1.54, 1.807) is 6.20 Å². The van der Waals surface area contributed by atoms with Gasteiger partial charge in [0.05, 0.1) is 34.7 Å². The lowest BCUT2D eigenvalue weighted by Gasteiger charge is -2.09. The smallest absolute Gasteiger partial charge is 0.129 e. The molecular formula is C13H11ClN4S. The molecule has 2 heterocycles. The molecule has 0 atom stereocenters. The van der Waals surface area contributed by atoms with Gasteiger partial charge in [0.2, 0.25) is 0 Å². The zero-order valence-corrected chi connectivity index (χ0v) is 11.8. The van der Waals surface area contributed by atoms with Gasteiger partial charge in [-0.3, -0.25) is 4.98 Å². The Morgan fingerprint density at radius 1 is 1.26 bits per heavy atom. The highest BCUT2D eigenvalue weighted by Crippen LogP contribution is 2.30. The number of rotatable bonds is 3. The molecule has 0 spiro atoms. The molecule has 0 saturated heterocycles. The van der Waals surface area contributed by atoms with Crippen LogP contribution in [0.25, 0.3) is 11.0 Å². The second-order valence-corrected chi connectivity index (χ2v) is 5.11. The Kier molecular flexibility index (Phi) is 3.31. The van der Waals surface area contributed by atoms with Crippen LogP contribution in [0.4, 0.5) is 5.69 Å². The van der Waals surface area contributed by atoms with E-state index in [2.05, 4.69) is 19.0 Å². The van der Waals surface area contributed by atoms with Crippen LogP contribution in [0.15, 0.2) is 30.5 Å². The van der Waals surface area contributed by atoms with Crippen LogP contribution in [0, 0.1) is 6.92 Å². The van der Waals surface area contributed by atoms with E-state index >= 15 is 0 Å².